The van der Waals surface area contributed by atoms with Crippen LogP contribution in [0.2, 0.25) is 0 Å². The SMILES string of the molecule is CCc1ccc(N(C(=O)CCn2cnc3c(C)cccc3c2=O)c2nc3ccccc3s2)cc1. The fourth-order valence-electron chi connectivity index (χ4n) is 4.02. The quantitative estimate of drug-likeness (QED) is 0.324. The molecule has 5 rings (SSSR count). The van der Waals surface area contributed by atoms with E-state index in [1.54, 1.807) is 11.0 Å². The van der Waals surface area contributed by atoms with Gasteiger partial charge in [-0.1, -0.05) is 54.7 Å². The van der Waals surface area contributed by atoms with Gasteiger partial charge in [-0.15, -0.1) is 0 Å². The average Bonchev–Trinajstić information content (AvgIpc) is 3.28. The molecule has 7 heteroatoms. The molecule has 0 saturated heterocycles. The van der Waals surface area contributed by atoms with Gasteiger partial charge in [0.05, 0.1) is 33.1 Å². The summed E-state index contributed by atoms with van der Waals surface area (Å²) in [6.45, 7) is 4.27. The van der Waals surface area contributed by atoms with Gasteiger partial charge in [-0.3, -0.25) is 19.1 Å². The first-order valence-corrected chi connectivity index (χ1v) is 12.1. The van der Waals surface area contributed by atoms with Gasteiger partial charge in [0.15, 0.2) is 5.13 Å². The van der Waals surface area contributed by atoms with Gasteiger partial charge in [-0.25, -0.2) is 9.97 Å². The number of hydrogen-bond acceptors (Lipinski definition) is 5. The standard InChI is InChI=1S/C27H24N4O2S/c1-3-19-11-13-20(14-12-19)31(27-29-22-9-4-5-10-23(22)34-27)24(32)15-16-30-17-28-25-18(2)7-6-8-21(25)26(30)33/h4-14,17H,3,15-16H2,1-2H3. The number of carbonyl (C=O) groups excluding carboxylic acids is 1. The van der Waals surface area contributed by atoms with E-state index in [0.29, 0.717) is 16.0 Å². The molecule has 0 spiro atoms. The van der Waals surface area contributed by atoms with Gasteiger partial charge in [-0.05, 0) is 54.8 Å². The second-order valence-electron chi connectivity index (χ2n) is 8.18. The van der Waals surface area contributed by atoms with Crippen molar-refractivity contribution in [2.45, 2.75) is 33.2 Å². The van der Waals surface area contributed by atoms with Crippen LogP contribution in [-0.2, 0) is 17.8 Å². The molecule has 0 N–H and O–H groups in total. The number of rotatable bonds is 6. The summed E-state index contributed by atoms with van der Waals surface area (Å²) >= 11 is 1.48. The highest BCUT2D eigenvalue weighted by molar-refractivity contribution is 7.22. The molecule has 2 aromatic heterocycles. The van der Waals surface area contributed by atoms with Gasteiger partial charge < -0.3 is 0 Å². The highest BCUT2D eigenvalue weighted by Gasteiger charge is 2.22. The summed E-state index contributed by atoms with van der Waals surface area (Å²) in [5.74, 6) is -0.125. The van der Waals surface area contributed by atoms with Crippen LogP contribution in [0.3, 0.4) is 0 Å². The van der Waals surface area contributed by atoms with Gasteiger partial charge in [0, 0.05) is 13.0 Å². The van der Waals surface area contributed by atoms with E-state index in [9.17, 15) is 9.59 Å². The molecule has 5 aromatic rings. The third-order valence-corrected chi connectivity index (χ3v) is 6.97. The highest BCUT2D eigenvalue weighted by Crippen LogP contribution is 2.34. The fourth-order valence-corrected chi connectivity index (χ4v) is 5.03. The lowest BCUT2D eigenvalue weighted by molar-refractivity contribution is -0.118. The zero-order valence-corrected chi connectivity index (χ0v) is 19.9. The summed E-state index contributed by atoms with van der Waals surface area (Å²) in [6.07, 6.45) is 2.60. The monoisotopic (exact) mass is 468 g/mol. The van der Waals surface area contributed by atoms with Crippen LogP contribution in [0.5, 0.6) is 0 Å². The molecule has 0 bridgehead atoms. The smallest absolute Gasteiger partial charge is 0.261 e. The lowest BCUT2D eigenvalue weighted by Gasteiger charge is -2.20. The Morgan fingerprint density at radius 2 is 1.82 bits per heavy atom. The maximum Gasteiger partial charge on any atom is 0.261 e. The van der Waals surface area contributed by atoms with Crippen molar-refractivity contribution in [1.82, 2.24) is 14.5 Å². The largest absolute Gasteiger partial charge is 0.298 e. The Hall–Kier alpha value is -3.84. The zero-order valence-electron chi connectivity index (χ0n) is 19.1. The van der Waals surface area contributed by atoms with Gasteiger partial charge in [-0.2, -0.15) is 0 Å². The average molecular weight is 469 g/mol. The number of anilines is 2. The van der Waals surface area contributed by atoms with Gasteiger partial charge in [0.25, 0.3) is 5.56 Å². The number of hydrogen-bond donors (Lipinski definition) is 0. The molecule has 3 aromatic carbocycles. The Bertz CT molecular complexity index is 1520. The van der Waals surface area contributed by atoms with Crippen LogP contribution in [0.4, 0.5) is 10.8 Å². The van der Waals surface area contributed by atoms with Crippen LogP contribution in [0.15, 0.2) is 77.9 Å². The van der Waals surface area contributed by atoms with Crippen molar-refractivity contribution >= 4 is 49.2 Å². The number of amides is 1. The minimum absolute atomic E-state index is 0.125. The van der Waals surface area contributed by atoms with E-state index in [1.807, 2.05) is 67.6 Å². The van der Waals surface area contributed by atoms with Crippen LogP contribution >= 0.6 is 11.3 Å². The van der Waals surface area contributed by atoms with Crippen LogP contribution in [-0.4, -0.2) is 20.4 Å². The number of benzene rings is 3. The van der Waals surface area contributed by atoms with Gasteiger partial charge >= 0.3 is 0 Å². The van der Waals surface area contributed by atoms with Gasteiger partial charge in [0.2, 0.25) is 5.91 Å². The minimum Gasteiger partial charge on any atom is -0.298 e. The van der Waals surface area contributed by atoms with E-state index < -0.39 is 0 Å². The molecule has 0 saturated carbocycles. The number of thiazole rings is 1. The van der Waals surface area contributed by atoms with Crippen LogP contribution in [0, 0.1) is 6.92 Å². The first-order valence-electron chi connectivity index (χ1n) is 11.3. The predicted octanol–water partition coefficient (Wildman–Crippen LogP) is 5.63. The van der Waals surface area contributed by atoms with E-state index in [0.717, 1.165) is 27.9 Å². The third kappa shape index (κ3) is 4.10. The van der Waals surface area contributed by atoms with Crippen molar-refractivity contribution in [3.05, 3.63) is 94.5 Å². The molecule has 2 heterocycles. The zero-order chi connectivity index (χ0) is 23.7. The Morgan fingerprint density at radius 1 is 1.03 bits per heavy atom. The first-order chi connectivity index (χ1) is 16.5. The lowest BCUT2D eigenvalue weighted by atomic mass is 10.1. The summed E-state index contributed by atoms with van der Waals surface area (Å²) in [5.41, 5.74) is 4.33. The predicted molar refractivity (Wildman–Crippen MR) is 138 cm³/mol. The van der Waals surface area contributed by atoms with Gasteiger partial charge in [0.1, 0.15) is 0 Å². The molecule has 0 aliphatic carbocycles. The number of nitrogens with zero attached hydrogens (tertiary/aromatic N) is 4. The molecule has 6 nitrogen and oxygen atoms in total. The number of para-hydroxylation sites is 2. The van der Waals surface area contributed by atoms with E-state index in [2.05, 4.69) is 11.9 Å². The number of fused-ring (bicyclic) bond motifs is 2. The molecule has 0 radical (unpaired) electrons. The molecule has 0 unspecified atom stereocenters. The highest BCUT2D eigenvalue weighted by atomic mass is 32.1. The van der Waals surface area contributed by atoms with Crippen LogP contribution in [0.25, 0.3) is 21.1 Å². The molecule has 170 valence electrons. The Morgan fingerprint density at radius 3 is 2.59 bits per heavy atom. The summed E-state index contributed by atoms with van der Waals surface area (Å²) < 4.78 is 2.53. The summed E-state index contributed by atoms with van der Waals surface area (Å²) in [7, 11) is 0. The van der Waals surface area contributed by atoms with Crippen molar-refractivity contribution < 1.29 is 4.79 Å². The summed E-state index contributed by atoms with van der Waals surface area (Å²) in [4.78, 5) is 37.3. The molecule has 0 fully saturated rings. The Labute approximate surface area is 201 Å². The molecular formula is C27H24N4O2S. The normalized spacial score (nSPS) is 11.2. The number of aromatic nitrogens is 3. The van der Waals surface area contributed by atoms with E-state index >= 15 is 0 Å². The minimum atomic E-state index is -0.139. The molecule has 0 aliphatic heterocycles. The van der Waals surface area contributed by atoms with E-state index in [-0.39, 0.29) is 24.4 Å². The summed E-state index contributed by atoms with van der Waals surface area (Å²) in [6, 6.07) is 21.4. The van der Waals surface area contributed by atoms with Crippen molar-refractivity contribution in [2.75, 3.05) is 4.90 Å². The maximum atomic E-state index is 13.5. The van der Waals surface area contributed by atoms with Crippen LogP contribution in [0.1, 0.15) is 24.5 Å². The Kier molecular flexibility index (Phi) is 5.94. The second kappa shape index (κ2) is 9.19. The second-order valence-corrected chi connectivity index (χ2v) is 9.19. The number of carbonyl (C=O) groups is 1. The van der Waals surface area contributed by atoms with E-state index in [4.69, 9.17) is 4.98 Å². The molecular weight excluding hydrogens is 444 g/mol. The van der Waals surface area contributed by atoms with Crippen molar-refractivity contribution in [2.24, 2.45) is 0 Å². The number of aryl methyl sites for hydroxylation is 3. The lowest BCUT2D eigenvalue weighted by Crippen LogP contribution is -2.29. The molecule has 0 aliphatic rings. The van der Waals surface area contributed by atoms with Crippen molar-refractivity contribution in [3.8, 4) is 0 Å². The first kappa shape index (κ1) is 22.0. The Balaban J connectivity index is 1.47. The molecule has 1 amide bonds. The van der Waals surface area contributed by atoms with E-state index in [1.165, 1.54) is 27.8 Å². The molecule has 34 heavy (non-hydrogen) atoms. The summed E-state index contributed by atoms with van der Waals surface area (Å²) in [5, 5.41) is 1.18. The maximum absolute atomic E-state index is 13.5. The fraction of sp³-hybridized carbons (Fsp3) is 0.185. The van der Waals surface area contributed by atoms with Crippen molar-refractivity contribution in [3.63, 3.8) is 0 Å². The van der Waals surface area contributed by atoms with Crippen LogP contribution < -0.4 is 10.5 Å². The third-order valence-electron chi connectivity index (χ3n) is 5.95. The molecule has 0 atom stereocenters. The van der Waals surface area contributed by atoms with Crippen molar-refractivity contribution in [1.29, 1.82) is 0 Å². The topological polar surface area (TPSA) is 68.1 Å².